The standard InChI is InChI=1S/C15H12N2O2S2/c1-3-8-17-10-7-5-4-6-9(10)11(13(17)18)12-14(19)16(2)15(20)21-12/h3-7H,1,8H2,2H3/b12-11-. The van der Waals surface area contributed by atoms with Crippen molar-refractivity contribution in [2.75, 3.05) is 18.5 Å². The number of nitrogens with zero attached hydrogens (tertiary/aromatic N) is 2. The van der Waals surface area contributed by atoms with Crippen LogP contribution in [0.1, 0.15) is 5.56 Å². The van der Waals surface area contributed by atoms with Crippen LogP contribution in [0.25, 0.3) is 5.57 Å². The van der Waals surface area contributed by atoms with E-state index in [1.54, 1.807) is 18.0 Å². The molecule has 1 saturated heterocycles. The van der Waals surface area contributed by atoms with Crippen LogP contribution in [0, 0.1) is 0 Å². The zero-order valence-electron chi connectivity index (χ0n) is 11.3. The smallest absolute Gasteiger partial charge is 0.266 e. The third kappa shape index (κ3) is 2.02. The number of likely N-dealkylation sites (N-methyl/N-ethyl adjacent to an activating group) is 1. The van der Waals surface area contributed by atoms with Crippen molar-refractivity contribution >= 4 is 51.4 Å². The van der Waals surface area contributed by atoms with E-state index < -0.39 is 0 Å². The number of amides is 2. The van der Waals surface area contributed by atoms with Crippen molar-refractivity contribution in [1.29, 1.82) is 0 Å². The number of carbonyl (C=O) groups excluding carboxylic acids is 2. The first kappa shape index (κ1) is 14.0. The Morgan fingerprint density at radius 2 is 2.00 bits per heavy atom. The Morgan fingerprint density at radius 3 is 2.62 bits per heavy atom. The van der Waals surface area contributed by atoms with E-state index in [0.29, 0.717) is 21.3 Å². The van der Waals surface area contributed by atoms with E-state index in [-0.39, 0.29) is 11.8 Å². The molecule has 106 valence electrons. The average molecular weight is 316 g/mol. The summed E-state index contributed by atoms with van der Waals surface area (Å²) in [6, 6.07) is 7.46. The van der Waals surface area contributed by atoms with Gasteiger partial charge in [-0.25, -0.2) is 0 Å². The van der Waals surface area contributed by atoms with Crippen LogP contribution in [0.5, 0.6) is 0 Å². The predicted octanol–water partition coefficient (Wildman–Crippen LogP) is 2.42. The number of benzene rings is 1. The molecule has 21 heavy (non-hydrogen) atoms. The lowest BCUT2D eigenvalue weighted by Crippen LogP contribution is -2.27. The molecule has 3 rings (SSSR count). The van der Waals surface area contributed by atoms with Crippen LogP contribution < -0.4 is 4.90 Å². The van der Waals surface area contributed by atoms with Gasteiger partial charge in [0.2, 0.25) is 0 Å². The van der Waals surface area contributed by atoms with Gasteiger partial charge < -0.3 is 4.90 Å². The molecule has 1 aromatic rings. The molecule has 0 atom stereocenters. The molecule has 0 radical (unpaired) electrons. The second-order valence-corrected chi connectivity index (χ2v) is 6.30. The molecule has 1 aromatic carbocycles. The van der Waals surface area contributed by atoms with Gasteiger partial charge in [0.05, 0.1) is 16.2 Å². The molecule has 0 bridgehead atoms. The Balaban J connectivity index is 2.21. The summed E-state index contributed by atoms with van der Waals surface area (Å²) in [5.74, 6) is -0.395. The van der Waals surface area contributed by atoms with Crippen molar-refractivity contribution in [1.82, 2.24) is 4.90 Å². The van der Waals surface area contributed by atoms with Crippen molar-refractivity contribution in [2.24, 2.45) is 0 Å². The SMILES string of the molecule is C=CCN1C(=O)/C(=C2\SC(=S)N(C)C2=O)c2ccccc21. The van der Waals surface area contributed by atoms with Crippen LogP contribution in [-0.2, 0) is 9.59 Å². The topological polar surface area (TPSA) is 40.6 Å². The Hall–Kier alpha value is -1.92. The molecule has 6 heteroatoms. The van der Waals surface area contributed by atoms with Crippen LogP contribution in [0.2, 0.25) is 0 Å². The van der Waals surface area contributed by atoms with Crippen LogP contribution in [0.4, 0.5) is 5.69 Å². The van der Waals surface area contributed by atoms with Crippen LogP contribution in [-0.4, -0.2) is 34.6 Å². The lowest BCUT2D eigenvalue weighted by molar-refractivity contribution is -0.121. The number of anilines is 1. The highest BCUT2D eigenvalue weighted by Crippen LogP contribution is 2.43. The molecule has 0 unspecified atom stereocenters. The molecular formula is C15H12N2O2S2. The van der Waals surface area contributed by atoms with E-state index in [9.17, 15) is 9.59 Å². The van der Waals surface area contributed by atoms with Crippen molar-refractivity contribution < 1.29 is 9.59 Å². The third-order valence-electron chi connectivity index (χ3n) is 3.42. The lowest BCUT2D eigenvalue weighted by Gasteiger charge is -2.14. The number of hydrogen-bond acceptors (Lipinski definition) is 4. The van der Waals surface area contributed by atoms with Crippen LogP contribution in [0.15, 0.2) is 41.8 Å². The normalized spacial score (nSPS) is 21.3. The molecule has 0 N–H and O–H groups in total. The highest BCUT2D eigenvalue weighted by molar-refractivity contribution is 8.26. The van der Waals surface area contributed by atoms with Gasteiger partial charge in [-0.1, -0.05) is 48.3 Å². The summed E-state index contributed by atoms with van der Waals surface area (Å²) in [6.45, 7) is 4.09. The number of hydrogen-bond donors (Lipinski definition) is 0. The fraction of sp³-hybridized carbons (Fsp3) is 0.133. The summed E-state index contributed by atoms with van der Waals surface area (Å²) in [5, 5.41) is 0. The van der Waals surface area contributed by atoms with Crippen molar-refractivity contribution in [2.45, 2.75) is 0 Å². The Kier molecular flexibility index (Phi) is 3.43. The summed E-state index contributed by atoms with van der Waals surface area (Å²) >= 11 is 6.32. The van der Waals surface area contributed by atoms with Gasteiger partial charge in [0.15, 0.2) is 0 Å². The summed E-state index contributed by atoms with van der Waals surface area (Å²) in [7, 11) is 1.62. The molecule has 2 heterocycles. The summed E-state index contributed by atoms with van der Waals surface area (Å²) < 4.78 is 0.468. The molecule has 2 amide bonds. The van der Waals surface area contributed by atoms with Gasteiger partial charge in [0.1, 0.15) is 4.32 Å². The van der Waals surface area contributed by atoms with Gasteiger partial charge in [-0.15, -0.1) is 6.58 Å². The first-order chi connectivity index (χ1) is 10.1. The fourth-order valence-electron chi connectivity index (χ4n) is 2.40. The van der Waals surface area contributed by atoms with Crippen molar-refractivity contribution in [3.8, 4) is 0 Å². The van der Waals surface area contributed by atoms with Gasteiger partial charge in [-0.2, -0.15) is 0 Å². The van der Waals surface area contributed by atoms with Gasteiger partial charge in [-0.05, 0) is 6.07 Å². The Bertz CT molecular complexity index is 724. The van der Waals surface area contributed by atoms with E-state index in [4.69, 9.17) is 12.2 Å². The number of thioether (sulfide) groups is 1. The Labute approximate surface area is 132 Å². The van der Waals surface area contributed by atoms with Gasteiger partial charge >= 0.3 is 0 Å². The lowest BCUT2D eigenvalue weighted by atomic mass is 10.1. The molecule has 4 nitrogen and oxygen atoms in total. The molecule has 0 saturated carbocycles. The number of thiocarbonyl (C=S) groups is 1. The molecule has 2 aliphatic heterocycles. The van der Waals surface area contributed by atoms with Gasteiger partial charge in [0, 0.05) is 19.2 Å². The third-order valence-corrected chi connectivity index (χ3v) is 4.98. The molecule has 1 fully saturated rings. The first-order valence-corrected chi connectivity index (χ1v) is 7.55. The number of carbonyl (C=O) groups is 2. The van der Waals surface area contributed by atoms with Crippen LogP contribution >= 0.6 is 24.0 Å². The van der Waals surface area contributed by atoms with Crippen molar-refractivity contribution in [3.63, 3.8) is 0 Å². The Morgan fingerprint density at radius 1 is 1.29 bits per heavy atom. The van der Waals surface area contributed by atoms with Crippen molar-refractivity contribution in [3.05, 3.63) is 47.4 Å². The van der Waals surface area contributed by atoms with E-state index in [2.05, 4.69) is 6.58 Å². The minimum Gasteiger partial charge on any atom is -0.304 e. The van der Waals surface area contributed by atoms with E-state index in [1.165, 1.54) is 16.7 Å². The maximum atomic E-state index is 12.7. The zero-order chi connectivity index (χ0) is 15.1. The largest absolute Gasteiger partial charge is 0.304 e. The molecule has 0 spiro atoms. The first-order valence-electron chi connectivity index (χ1n) is 6.32. The molecular weight excluding hydrogens is 304 g/mol. The van der Waals surface area contributed by atoms with E-state index in [1.807, 2.05) is 24.3 Å². The average Bonchev–Trinajstić information content (AvgIpc) is 2.89. The minimum atomic E-state index is -0.219. The maximum absolute atomic E-state index is 12.7. The second-order valence-electron chi connectivity index (χ2n) is 4.66. The second kappa shape index (κ2) is 5.13. The zero-order valence-corrected chi connectivity index (χ0v) is 13.0. The summed E-state index contributed by atoms with van der Waals surface area (Å²) in [4.78, 5) is 28.4. The van der Waals surface area contributed by atoms with Crippen LogP contribution in [0.3, 0.4) is 0 Å². The predicted molar refractivity (Wildman–Crippen MR) is 88.9 cm³/mol. The number of fused-ring (bicyclic) bond motifs is 1. The number of rotatable bonds is 2. The maximum Gasteiger partial charge on any atom is 0.266 e. The van der Waals surface area contributed by atoms with Gasteiger partial charge in [-0.3, -0.25) is 14.5 Å². The highest BCUT2D eigenvalue weighted by Gasteiger charge is 2.40. The number of para-hydroxylation sites is 1. The van der Waals surface area contributed by atoms with Gasteiger partial charge in [0.25, 0.3) is 11.8 Å². The molecule has 2 aliphatic rings. The van der Waals surface area contributed by atoms with E-state index in [0.717, 1.165) is 11.3 Å². The monoisotopic (exact) mass is 316 g/mol. The highest BCUT2D eigenvalue weighted by atomic mass is 32.2. The summed E-state index contributed by atoms with van der Waals surface area (Å²) in [6.07, 6.45) is 1.67. The quantitative estimate of drug-likeness (QED) is 0.477. The summed E-state index contributed by atoms with van der Waals surface area (Å²) in [5.41, 5.74) is 2.02. The molecule has 0 aliphatic carbocycles. The fourth-order valence-corrected chi connectivity index (χ4v) is 3.65. The van der Waals surface area contributed by atoms with E-state index >= 15 is 0 Å². The minimum absolute atomic E-state index is 0.176. The molecule has 0 aromatic heterocycles.